The Hall–Kier alpha value is -1.52. The first-order valence-corrected chi connectivity index (χ1v) is 10.0. The van der Waals surface area contributed by atoms with Gasteiger partial charge in [-0.1, -0.05) is 29.3 Å². The van der Waals surface area contributed by atoms with Crippen molar-refractivity contribution in [3.63, 3.8) is 0 Å². The predicted molar refractivity (Wildman–Crippen MR) is 119 cm³/mol. The van der Waals surface area contributed by atoms with Gasteiger partial charge in [-0.05, 0) is 66.6 Å². The maximum atomic E-state index is 6.34. The lowest BCUT2D eigenvalue weighted by molar-refractivity contribution is 0.0964. The zero-order valence-electron chi connectivity index (χ0n) is 15.7. The molecule has 0 atom stereocenters. The van der Waals surface area contributed by atoms with Gasteiger partial charge in [0.05, 0.1) is 0 Å². The molecule has 0 aliphatic carbocycles. The van der Waals surface area contributed by atoms with Crippen LogP contribution in [-0.2, 0) is 6.54 Å². The van der Waals surface area contributed by atoms with Gasteiger partial charge in [0.1, 0.15) is 11.9 Å². The average Bonchev–Trinajstić information content (AvgIpc) is 2.66. The number of pyridine rings is 1. The summed E-state index contributed by atoms with van der Waals surface area (Å²) in [7, 11) is 0. The van der Waals surface area contributed by atoms with Crippen LogP contribution in [-0.4, -0.2) is 29.1 Å². The van der Waals surface area contributed by atoms with E-state index in [-0.39, 0.29) is 18.5 Å². The first-order chi connectivity index (χ1) is 13.1. The SMILES string of the molecule is Cc1cc2cnccc2cc1OC1CCN(Cc2ccc(Cl)cc2Cl)CC1.Cl. The highest BCUT2D eigenvalue weighted by atomic mass is 35.5. The monoisotopic (exact) mass is 436 g/mol. The van der Waals surface area contributed by atoms with Gasteiger partial charge in [0, 0.05) is 47.5 Å². The first-order valence-electron chi connectivity index (χ1n) is 9.26. The van der Waals surface area contributed by atoms with Crippen molar-refractivity contribution in [2.75, 3.05) is 13.1 Å². The van der Waals surface area contributed by atoms with Crippen LogP contribution in [0.5, 0.6) is 5.75 Å². The number of hydrogen-bond acceptors (Lipinski definition) is 3. The lowest BCUT2D eigenvalue weighted by Gasteiger charge is -2.32. The zero-order valence-corrected chi connectivity index (χ0v) is 18.0. The second-order valence-corrected chi connectivity index (χ2v) is 8.01. The van der Waals surface area contributed by atoms with E-state index >= 15 is 0 Å². The molecule has 148 valence electrons. The molecule has 0 bridgehead atoms. The van der Waals surface area contributed by atoms with Crippen LogP contribution in [0.25, 0.3) is 10.8 Å². The minimum atomic E-state index is 0. The molecule has 3 nitrogen and oxygen atoms in total. The lowest BCUT2D eigenvalue weighted by Crippen LogP contribution is -2.37. The summed E-state index contributed by atoms with van der Waals surface area (Å²) in [6.07, 6.45) is 5.99. The molecule has 2 heterocycles. The molecule has 1 saturated heterocycles. The molecule has 6 heteroatoms. The van der Waals surface area contributed by atoms with Crippen molar-refractivity contribution in [3.05, 3.63) is 70.0 Å². The van der Waals surface area contributed by atoms with Gasteiger partial charge in [-0.25, -0.2) is 0 Å². The van der Waals surface area contributed by atoms with Gasteiger partial charge >= 0.3 is 0 Å². The van der Waals surface area contributed by atoms with Gasteiger partial charge < -0.3 is 4.74 Å². The summed E-state index contributed by atoms with van der Waals surface area (Å²) >= 11 is 12.3. The molecule has 0 spiro atoms. The van der Waals surface area contributed by atoms with Crippen molar-refractivity contribution < 1.29 is 4.74 Å². The standard InChI is InChI=1S/C22H22Cl2N2O.ClH/c1-15-10-18-13-25-7-4-16(18)11-22(15)27-20-5-8-26(9-6-20)14-17-2-3-19(23)12-21(17)24;/h2-4,7,10-13,20H,5-6,8-9,14H2,1H3;1H. The van der Waals surface area contributed by atoms with Crippen molar-refractivity contribution in [1.82, 2.24) is 9.88 Å². The second kappa shape index (κ2) is 9.32. The number of aromatic nitrogens is 1. The van der Waals surface area contributed by atoms with Crippen LogP contribution in [0.4, 0.5) is 0 Å². The smallest absolute Gasteiger partial charge is 0.123 e. The number of hydrogen-bond donors (Lipinski definition) is 0. The van der Waals surface area contributed by atoms with E-state index in [9.17, 15) is 0 Å². The number of aryl methyl sites for hydroxylation is 1. The fraction of sp³-hybridized carbons (Fsp3) is 0.318. The van der Waals surface area contributed by atoms with Gasteiger partial charge in [0.15, 0.2) is 0 Å². The van der Waals surface area contributed by atoms with Crippen molar-refractivity contribution in [2.45, 2.75) is 32.4 Å². The van der Waals surface area contributed by atoms with E-state index in [0.717, 1.165) is 59.8 Å². The summed E-state index contributed by atoms with van der Waals surface area (Å²) < 4.78 is 6.34. The van der Waals surface area contributed by atoms with Crippen molar-refractivity contribution in [1.29, 1.82) is 0 Å². The van der Waals surface area contributed by atoms with E-state index in [1.54, 1.807) is 0 Å². The Morgan fingerprint density at radius 2 is 1.86 bits per heavy atom. The number of nitrogens with zero attached hydrogens (tertiary/aromatic N) is 2. The largest absolute Gasteiger partial charge is 0.490 e. The molecule has 28 heavy (non-hydrogen) atoms. The van der Waals surface area contributed by atoms with Crippen LogP contribution in [0.1, 0.15) is 24.0 Å². The third-order valence-corrected chi connectivity index (χ3v) is 5.76. The van der Waals surface area contributed by atoms with Crippen LogP contribution < -0.4 is 4.74 Å². The quantitative estimate of drug-likeness (QED) is 0.478. The fourth-order valence-electron chi connectivity index (χ4n) is 3.61. The summed E-state index contributed by atoms with van der Waals surface area (Å²) in [5, 5.41) is 3.73. The van der Waals surface area contributed by atoms with Gasteiger partial charge in [0.25, 0.3) is 0 Å². The molecule has 1 aliphatic rings. The Morgan fingerprint density at radius 1 is 1.07 bits per heavy atom. The Labute approximate surface area is 182 Å². The summed E-state index contributed by atoms with van der Waals surface area (Å²) in [5.41, 5.74) is 2.28. The van der Waals surface area contributed by atoms with Crippen molar-refractivity contribution in [2.24, 2.45) is 0 Å². The molecule has 0 saturated carbocycles. The summed E-state index contributed by atoms with van der Waals surface area (Å²) in [6.45, 7) is 4.95. The highest BCUT2D eigenvalue weighted by molar-refractivity contribution is 6.35. The number of rotatable bonds is 4. The van der Waals surface area contributed by atoms with E-state index < -0.39 is 0 Å². The number of halogens is 3. The summed E-state index contributed by atoms with van der Waals surface area (Å²) in [4.78, 5) is 6.61. The third kappa shape index (κ3) is 4.90. The molecule has 1 fully saturated rings. The molecule has 0 N–H and O–H groups in total. The normalized spacial score (nSPS) is 15.4. The number of ether oxygens (including phenoxy) is 1. The molecule has 1 aliphatic heterocycles. The Morgan fingerprint density at radius 3 is 2.61 bits per heavy atom. The number of piperidine rings is 1. The average molecular weight is 438 g/mol. The Balaban J connectivity index is 0.00000225. The van der Waals surface area contributed by atoms with Crippen LogP contribution >= 0.6 is 35.6 Å². The van der Waals surface area contributed by atoms with Gasteiger partial charge in [0.2, 0.25) is 0 Å². The Bertz CT molecular complexity index is 956. The molecule has 1 aromatic heterocycles. The first kappa shape index (κ1) is 21.2. The van der Waals surface area contributed by atoms with Crippen LogP contribution in [0, 0.1) is 6.92 Å². The van der Waals surface area contributed by atoms with E-state index in [1.807, 2.05) is 36.7 Å². The van der Waals surface area contributed by atoms with Crippen LogP contribution in [0.2, 0.25) is 10.0 Å². The van der Waals surface area contributed by atoms with Crippen LogP contribution in [0.15, 0.2) is 48.8 Å². The minimum Gasteiger partial charge on any atom is -0.490 e. The highest BCUT2D eigenvalue weighted by Crippen LogP contribution is 2.28. The molecule has 0 unspecified atom stereocenters. The third-order valence-electron chi connectivity index (χ3n) is 5.17. The minimum absolute atomic E-state index is 0. The number of benzene rings is 2. The second-order valence-electron chi connectivity index (χ2n) is 7.17. The van der Waals surface area contributed by atoms with Crippen molar-refractivity contribution in [3.8, 4) is 5.75 Å². The topological polar surface area (TPSA) is 25.4 Å². The number of fused-ring (bicyclic) bond motifs is 1. The lowest BCUT2D eigenvalue weighted by atomic mass is 10.1. The summed E-state index contributed by atoms with van der Waals surface area (Å²) in [5.74, 6) is 0.980. The maximum Gasteiger partial charge on any atom is 0.123 e. The van der Waals surface area contributed by atoms with E-state index in [0.29, 0.717) is 5.02 Å². The predicted octanol–water partition coefficient (Wildman–Crippen LogP) is 6.32. The highest BCUT2D eigenvalue weighted by Gasteiger charge is 2.22. The molecular formula is C22H23Cl3N2O. The number of likely N-dealkylation sites (tertiary alicyclic amines) is 1. The van der Waals surface area contributed by atoms with Crippen molar-refractivity contribution >= 4 is 46.4 Å². The van der Waals surface area contributed by atoms with E-state index in [4.69, 9.17) is 27.9 Å². The van der Waals surface area contributed by atoms with Gasteiger partial charge in [-0.2, -0.15) is 0 Å². The molecular weight excluding hydrogens is 415 g/mol. The van der Waals surface area contributed by atoms with Gasteiger partial charge in [-0.15, -0.1) is 12.4 Å². The fourth-order valence-corrected chi connectivity index (χ4v) is 4.08. The molecule has 0 amide bonds. The van der Waals surface area contributed by atoms with E-state index in [1.165, 1.54) is 5.39 Å². The molecule has 3 aromatic rings. The van der Waals surface area contributed by atoms with E-state index in [2.05, 4.69) is 28.9 Å². The Kier molecular flexibility index (Phi) is 7.05. The summed E-state index contributed by atoms with van der Waals surface area (Å²) in [6, 6.07) is 12.0. The molecule has 2 aromatic carbocycles. The molecule has 4 rings (SSSR count). The molecule has 0 radical (unpaired) electrons. The van der Waals surface area contributed by atoms with Crippen LogP contribution in [0.3, 0.4) is 0 Å². The van der Waals surface area contributed by atoms with Gasteiger partial charge in [-0.3, -0.25) is 9.88 Å². The maximum absolute atomic E-state index is 6.34. The zero-order chi connectivity index (χ0) is 18.8.